The summed E-state index contributed by atoms with van der Waals surface area (Å²) in [6.45, 7) is 2.36. The largest absolute Gasteiger partial charge is 0.306 e. The normalized spacial score (nSPS) is 11.5. The molecule has 0 aliphatic rings. The molecule has 0 fully saturated rings. The number of pyridine rings is 1. The second kappa shape index (κ2) is 8.85. The Bertz CT molecular complexity index is 1820. The minimum Gasteiger partial charge on any atom is -0.306 e. The van der Waals surface area contributed by atoms with Crippen molar-refractivity contribution in [1.29, 1.82) is 0 Å². The van der Waals surface area contributed by atoms with Gasteiger partial charge in [-0.2, -0.15) is 4.68 Å². The van der Waals surface area contributed by atoms with Crippen LogP contribution in [0.4, 0.5) is 0 Å². The number of benzene rings is 2. The van der Waals surface area contributed by atoms with Gasteiger partial charge in [0, 0.05) is 11.8 Å². The topological polar surface area (TPSA) is 87.6 Å². The minimum atomic E-state index is -0.236. The van der Waals surface area contributed by atoms with Gasteiger partial charge in [0.2, 0.25) is 5.13 Å². The number of aromatic nitrogens is 6. The smallest absolute Gasteiger partial charge is 0.283 e. The lowest BCUT2D eigenvalue weighted by atomic mass is 10.2. The number of rotatable bonds is 5. The highest BCUT2D eigenvalue weighted by atomic mass is 35.5. The molecule has 0 spiro atoms. The number of thiazole rings is 1. The van der Waals surface area contributed by atoms with Gasteiger partial charge in [-0.15, -0.1) is 0 Å². The zero-order chi connectivity index (χ0) is 24.8. The predicted molar refractivity (Wildman–Crippen MR) is 141 cm³/mol. The van der Waals surface area contributed by atoms with Gasteiger partial charge in [-0.05, 0) is 24.6 Å². The first kappa shape index (κ1) is 22.4. The second-order valence-electron chi connectivity index (χ2n) is 8.37. The molecule has 0 atom stereocenters. The average Bonchev–Trinajstić information content (AvgIpc) is 3.42. The van der Waals surface area contributed by atoms with E-state index in [0.29, 0.717) is 34.0 Å². The molecule has 0 aliphatic carbocycles. The van der Waals surface area contributed by atoms with E-state index in [1.807, 2.05) is 59.3 Å². The number of halogens is 1. The van der Waals surface area contributed by atoms with Crippen LogP contribution in [0.5, 0.6) is 0 Å². The summed E-state index contributed by atoms with van der Waals surface area (Å²) in [5.74, 6) is 0. The third-order valence-corrected chi connectivity index (χ3v) is 7.31. The van der Waals surface area contributed by atoms with Gasteiger partial charge in [-0.3, -0.25) is 19.3 Å². The van der Waals surface area contributed by atoms with Crippen LogP contribution in [0.3, 0.4) is 0 Å². The van der Waals surface area contributed by atoms with Crippen molar-refractivity contribution in [2.75, 3.05) is 0 Å². The molecule has 178 valence electrons. The number of hydrogen-bond acceptors (Lipinski definition) is 6. The molecule has 4 aromatic heterocycles. The van der Waals surface area contributed by atoms with Crippen molar-refractivity contribution in [2.24, 2.45) is 0 Å². The molecule has 6 aromatic rings. The Labute approximate surface area is 213 Å². The van der Waals surface area contributed by atoms with E-state index in [9.17, 15) is 9.59 Å². The molecule has 0 amide bonds. The summed E-state index contributed by atoms with van der Waals surface area (Å²) in [4.78, 5) is 40.3. The second-order valence-corrected chi connectivity index (χ2v) is 9.77. The fourth-order valence-electron chi connectivity index (χ4n) is 4.38. The molecule has 36 heavy (non-hydrogen) atoms. The lowest BCUT2D eigenvalue weighted by Gasteiger charge is -2.12. The van der Waals surface area contributed by atoms with Crippen molar-refractivity contribution in [2.45, 2.75) is 20.0 Å². The summed E-state index contributed by atoms with van der Waals surface area (Å²) in [5.41, 5.74) is 3.04. The Balaban J connectivity index is 1.60. The number of aryl methyl sites for hydroxylation is 1. The van der Waals surface area contributed by atoms with Crippen molar-refractivity contribution < 1.29 is 0 Å². The van der Waals surface area contributed by atoms with Gasteiger partial charge >= 0.3 is 0 Å². The van der Waals surface area contributed by atoms with Crippen LogP contribution in [0, 0.1) is 6.92 Å². The van der Waals surface area contributed by atoms with Crippen molar-refractivity contribution >= 4 is 44.1 Å². The quantitative estimate of drug-likeness (QED) is 0.340. The highest BCUT2D eigenvalue weighted by Crippen LogP contribution is 2.26. The fourth-order valence-corrected chi connectivity index (χ4v) is 5.45. The molecule has 0 aliphatic heterocycles. The molecule has 2 aromatic carbocycles. The Morgan fingerprint density at radius 2 is 1.72 bits per heavy atom. The minimum absolute atomic E-state index is 0.176. The number of nitrogens with zero attached hydrogens (tertiary/aromatic N) is 6. The van der Waals surface area contributed by atoms with Crippen LogP contribution in [-0.2, 0) is 13.1 Å². The first-order valence-electron chi connectivity index (χ1n) is 11.2. The van der Waals surface area contributed by atoms with Crippen molar-refractivity contribution in [3.05, 3.63) is 116 Å². The van der Waals surface area contributed by atoms with E-state index in [4.69, 9.17) is 16.6 Å². The van der Waals surface area contributed by atoms with E-state index < -0.39 is 0 Å². The fraction of sp³-hybridized carbons (Fsp3) is 0.115. The molecule has 0 radical (unpaired) electrons. The van der Waals surface area contributed by atoms with Gasteiger partial charge < -0.3 is 4.57 Å². The van der Waals surface area contributed by atoms with E-state index in [0.717, 1.165) is 15.8 Å². The zero-order valence-corrected chi connectivity index (χ0v) is 20.7. The maximum atomic E-state index is 13.9. The predicted octanol–water partition coefficient (Wildman–Crippen LogP) is 4.41. The molecule has 10 heteroatoms. The Morgan fingerprint density at radius 3 is 2.47 bits per heavy atom. The number of para-hydroxylation sites is 1. The van der Waals surface area contributed by atoms with Gasteiger partial charge in [0.05, 0.1) is 52.3 Å². The van der Waals surface area contributed by atoms with Gasteiger partial charge in [-0.1, -0.05) is 65.4 Å². The molecule has 4 heterocycles. The lowest BCUT2D eigenvalue weighted by molar-refractivity contribution is 0.610. The van der Waals surface area contributed by atoms with Gasteiger partial charge in [0.25, 0.3) is 11.1 Å². The summed E-state index contributed by atoms with van der Waals surface area (Å²) >= 11 is 7.29. The first-order chi connectivity index (χ1) is 17.5. The van der Waals surface area contributed by atoms with Crippen molar-refractivity contribution in [1.82, 2.24) is 28.9 Å². The number of hydrogen-bond donors (Lipinski definition) is 0. The van der Waals surface area contributed by atoms with Gasteiger partial charge in [-0.25, -0.2) is 9.97 Å². The maximum Gasteiger partial charge on any atom is 0.283 e. The third-order valence-electron chi connectivity index (χ3n) is 6.11. The molecule has 0 N–H and O–H groups in total. The highest BCUT2D eigenvalue weighted by Gasteiger charge is 2.22. The standard InChI is InChI=1S/C26H19ClN6O2S/c1-16-24-20(11-23(34)31(16)15-18-12-29-22(27)13-28-18)32(14-17-7-3-2-4-8-17)33(25(24)35)26-30-19-9-5-6-10-21(19)36-26/h2-13H,14-15H2,1H3. The van der Waals surface area contributed by atoms with E-state index in [1.54, 1.807) is 11.6 Å². The summed E-state index contributed by atoms with van der Waals surface area (Å²) in [5, 5.41) is 1.29. The zero-order valence-electron chi connectivity index (χ0n) is 19.1. The van der Waals surface area contributed by atoms with Crippen LogP contribution < -0.4 is 11.1 Å². The molecule has 0 saturated carbocycles. The van der Waals surface area contributed by atoms with Gasteiger partial charge in [0.15, 0.2) is 0 Å². The Hall–Kier alpha value is -4.08. The van der Waals surface area contributed by atoms with Crippen LogP contribution in [-0.4, -0.2) is 28.9 Å². The van der Waals surface area contributed by atoms with E-state index in [-0.39, 0.29) is 22.8 Å². The molecular formula is C26H19ClN6O2S. The lowest BCUT2D eigenvalue weighted by Crippen LogP contribution is -2.24. The van der Waals surface area contributed by atoms with Crippen LogP contribution >= 0.6 is 22.9 Å². The first-order valence-corrected chi connectivity index (χ1v) is 12.4. The van der Waals surface area contributed by atoms with Crippen molar-refractivity contribution in [3.63, 3.8) is 0 Å². The van der Waals surface area contributed by atoms with E-state index in [2.05, 4.69) is 9.97 Å². The molecule has 6 rings (SSSR count). The average molecular weight is 515 g/mol. The third kappa shape index (κ3) is 3.82. The number of fused-ring (bicyclic) bond motifs is 2. The Morgan fingerprint density at radius 1 is 0.944 bits per heavy atom. The molecule has 0 unspecified atom stereocenters. The molecular weight excluding hydrogens is 496 g/mol. The summed E-state index contributed by atoms with van der Waals surface area (Å²) < 4.78 is 5.94. The van der Waals surface area contributed by atoms with E-state index in [1.165, 1.54) is 34.4 Å². The Kier molecular flexibility index (Phi) is 5.50. The SMILES string of the molecule is Cc1c2c(=O)n(-c3nc4ccccc4s3)n(Cc3ccccc3)c2cc(=O)n1Cc1cnc(Cl)cn1. The van der Waals surface area contributed by atoms with Crippen LogP contribution in [0.15, 0.2) is 82.6 Å². The van der Waals surface area contributed by atoms with Crippen LogP contribution in [0.2, 0.25) is 5.15 Å². The van der Waals surface area contributed by atoms with E-state index >= 15 is 0 Å². The molecule has 0 bridgehead atoms. The molecule has 8 nitrogen and oxygen atoms in total. The summed E-state index contributed by atoms with van der Waals surface area (Å²) in [6, 6.07) is 19.1. The molecule has 0 saturated heterocycles. The maximum absolute atomic E-state index is 13.9. The monoisotopic (exact) mass is 514 g/mol. The summed E-state index contributed by atoms with van der Waals surface area (Å²) in [7, 11) is 0. The summed E-state index contributed by atoms with van der Waals surface area (Å²) in [6.07, 6.45) is 2.96. The van der Waals surface area contributed by atoms with Crippen LogP contribution in [0.25, 0.3) is 26.3 Å². The highest BCUT2D eigenvalue weighted by molar-refractivity contribution is 7.20. The van der Waals surface area contributed by atoms with Crippen molar-refractivity contribution in [3.8, 4) is 5.13 Å². The van der Waals surface area contributed by atoms with Gasteiger partial charge in [0.1, 0.15) is 5.15 Å². The van der Waals surface area contributed by atoms with Crippen LogP contribution in [0.1, 0.15) is 17.0 Å².